The standard InChI is InChI=1S/C25H25N3O5S/c1-18-2-6-21(7-3-18)34(30,31)24-9-5-20(15-26-24)25(29)28-12-10-27(11-13-28)16-19-4-8-22-23(14-19)33-17-32-22/h2-9,14-15H,10-13,16-17H2,1H3. The molecule has 1 amide bonds. The average Bonchev–Trinajstić information content (AvgIpc) is 3.32. The maximum atomic E-state index is 12.9. The molecule has 9 heteroatoms. The van der Waals surface area contributed by atoms with Crippen LogP contribution in [0.5, 0.6) is 11.5 Å². The fourth-order valence-electron chi connectivity index (χ4n) is 4.09. The van der Waals surface area contributed by atoms with Gasteiger partial charge in [-0.3, -0.25) is 9.69 Å². The number of amides is 1. The molecule has 0 N–H and O–H groups in total. The Labute approximate surface area is 198 Å². The fraction of sp³-hybridized carbons (Fsp3) is 0.280. The van der Waals surface area contributed by atoms with Gasteiger partial charge in [-0.2, -0.15) is 0 Å². The molecule has 34 heavy (non-hydrogen) atoms. The van der Waals surface area contributed by atoms with Crippen molar-refractivity contribution in [2.45, 2.75) is 23.4 Å². The number of piperazine rings is 1. The normalized spacial score (nSPS) is 16.0. The minimum absolute atomic E-state index is 0.0681. The Kier molecular flexibility index (Phi) is 5.97. The molecule has 0 saturated carbocycles. The maximum absolute atomic E-state index is 12.9. The van der Waals surface area contributed by atoms with E-state index in [-0.39, 0.29) is 22.6 Å². The number of fused-ring (bicyclic) bond motifs is 1. The molecule has 176 valence electrons. The second-order valence-electron chi connectivity index (χ2n) is 8.46. The second-order valence-corrected chi connectivity index (χ2v) is 10.4. The zero-order chi connectivity index (χ0) is 23.7. The summed E-state index contributed by atoms with van der Waals surface area (Å²) < 4.78 is 36.4. The van der Waals surface area contributed by atoms with Crippen molar-refractivity contribution in [1.29, 1.82) is 0 Å². The molecule has 2 aliphatic rings. The summed E-state index contributed by atoms with van der Waals surface area (Å²) in [6.45, 7) is 5.59. The van der Waals surface area contributed by atoms with Crippen molar-refractivity contribution < 1.29 is 22.7 Å². The van der Waals surface area contributed by atoms with Crippen LogP contribution in [0.15, 0.2) is 70.7 Å². The third-order valence-corrected chi connectivity index (χ3v) is 7.78. The van der Waals surface area contributed by atoms with Gasteiger partial charge in [-0.05, 0) is 48.9 Å². The number of carbonyl (C=O) groups is 1. The molecule has 0 aliphatic carbocycles. The highest BCUT2D eigenvalue weighted by atomic mass is 32.2. The average molecular weight is 480 g/mol. The molecule has 8 nitrogen and oxygen atoms in total. The first-order chi connectivity index (χ1) is 16.4. The van der Waals surface area contributed by atoms with Gasteiger partial charge in [0.2, 0.25) is 16.6 Å². The SMILES string of the molecule is Cc1ccc(S(=O)(=O)c2ccc(C(=O)N3CCN(Cc4ccc5c(c4)OCO5)CC3)cn2)cc1. The summed E-state index contributed by atoms with van der Waals surface area (Å²) in [6.07, 6.45) is 1.35. The van der Waals surface area contributed by atoms with E-state index in [1.165, 1.54) is 18.3 Å². The highest BCUT2D eigenvalue weighted by Crippen LogP contribution is 2.33. The fourth-order valence-corrected chi connectivity index (χ4v) is 5.27. The maximum Gasteiger partial charge on any atom is 0.255 e. The molecule has 2 aliphatic heterocycles. The van der Waals surface area contributed by atoms with Crippen LogP contribution in [0.3, 0.4) is 0 Å². The van der Waals surface area contributed by atoms with Gasteiger partial charge in [0.1, 0.15) is 0 Å². The number of nitrogens with zero attached hydrogens (tertiary/aromatic N) is 3. The first kappa shape index (κ1) is 22.4. The van der Waals surface area contributed by atoms with Crippen LogP contribution in [0, 0.1) is 6.92 Å². The van der Waals surface area contributed by atoms with Crippen LogP contribution in [0.4, 0.5) is 0 Å². The third kappa shape index (κ3) is 4.49. The molecular weight excluding hydrogens is 454 g/mol. The smallest absolute Gasteiger partial charge is 0.255 e. The first-order valence-electron chi connectivity index (χ1n) is 11.1. The molecule has 0 radical (unpaired) electrons. The minimum Gasteiger partial charge on any atom is -0.454 e. The quantitative estimate of drug-likeness (QED) is 0.556. The third-order valence-electron chi connectivity index (χ3n) is 6.09. The van der Waals surface area contributed by atoms with Crippen LogP contribution in [0.25, 0.3) is 0 Å². The van der Waals surface area contributed by atoms with Gasteiger partial charge in [0.15, 0.2) is 16.5 Å². The molecule has 0 spiro atoms. The Morgan fingerprint density at radius 1 is 0.941 bits per heavy atom. The number of hydrogen-bond acceptors (Lipinski definition) is 7. The molecule has 3 aromatic rings. The van der Waals surface area contributed by atoms with E-state index in [9.17, 15) is 13.2 Å². The van der Waals surface area contributed by atoms with Crippen LogP contribution < -0.4 is 9.47 Å². The van der Waals surface area contributed by atoms with Crippen LogP contribution in [0.1, 0.15) is 21.5 Å². The predicted octanol–water partition coefficient (Wildman–Crippen LogP) is 2.91. The van der Waals surface area contributed by atoms with Crippen molar-refractivity contribution in [3.8, 4) is 11.5 Å². The summed E-state index contributed by atoms with van der Waals surface area (Å²) in [5.41, 5.74) is 2.49. The van der Waals surface area contributed by atoms with Crippen molar-refractivity contribution in [3.63, 3.8) is 0 Å². The lowest BCUT2D eigenvalue weighted by molar-refractivity contribution is 0.0628. The lowest BCUT2D eigenvalue weighted by Crippen LogP contribution is -2.48. The van der Waals surface area contributed by atoms with Gasteiger partial charge in [-0.1, -0.05) is 23.8 Å². The van der Waals surface area contributed by atoms with E-state index in [4.69, 9.17) is 9.47 Å². The van der Waals surface area contributed by atoms with Crippen LogP contribution in [0.2, 0.25) is 0 Å². The summed E-state index contributed by atoms with van der Waals surface area (Å²) in [6, 6.07) is 15.5. The Morgan fingerprint density at radius 3 is 2.38 bits per heavy atom. The summed E-state index contributed by atoms with van der Waals surface area (Å²) in [5, 5.41) is -0.0681. The number of pyridine rings is 1. The Hall–Kier alpha value is -3.43. The number of rotatable bonds is 5. The van der Waals surface area contributed by atoms with Gasteiger partial charge in [-0.25, -0.2) is 13.4 Å². The van der Waals surface area contributed by atoms with Crippen molar-refractivity contribution >= 4 is 15.7 Å². The molecule has 1 fully saturated rings. The van der Waals surface area contributed by atoms with E-state index >= 15 is 0 Å². The summed E-state index contributed by atoms with van der Waals surface area (Å²) in [7, 11) is -3.72. The van der Waals surface area contributed by atoms with Crippen molar-refractivity contribution in [2.24, 2.45) is 0 Å². The Balaban J connectivity index is 1.20. The number of sulfone groups is 1. The molecule has 5 rings (SSSR count). The number of hydrogen-bond donors (Lipinski definition) is 0. The summed E-state index contributed by atoms with van der Waals surface area (Å²) in [4.78, 5) is 21.3. The Morgan fingerprint density at radius 2 is 1.68 bits per heavy atom. The molecule has 2 aromatic carbocycles. The van der Waals surface area contributed by atoms with E-state index in [0.717, 1.165) is 42.3 Å². The lowest BCUT2D eigenvalue weighted by atomic mass is 10.1. The number of aryl methyl sites for hydroxylation is 1. The van der Waals surface area contributed by atoms with Gasteiger partial charge in [0.05, 0.1) is 10.5 Å². The van der Waals surface area contributed by atoms with E-state index in [1.807, 2.05) is 25.1 Å². The predicted molar refractivity (Wildman–Crippen MR) is 125 cm³/mol. The van der Waals surface area contributed by atoms with Gasteiger partial charge < -0.3 is 14.4 Å². The number of benzene rings is 2. The van der Waals surface area contributed by atoms with Crippen LogP contribution in [-0.2, 0) is 16.4 Å². The van der Waals surface area contributed by atoms with Gasteiger partial charge in [-0.15, -0.1) is 0 Å². The minimum atomic E-state index is -3.72. The zero-order valence-corrected chi connectivity index (χ0v) is 19.6. The Bertz CT molecular complexity index is 1300. The molecule has 0 unspecified atom stereocenters. The van der Waals surface area contributed by atoms with Crippen molar-refractivity contribution in [2.75, 3.05) is 33.0 Å². The van der Waals surface area contributed by atoms with E-state index in [2.05, 4.69) is 9.88 Å². The molecule has 1 aromatic heterocycles. The summed E-state index contributed by atoms with van der Waals surface area (Å²) >= 11 is 0. The molecule has 3 heterocycles. The van der Waals surface area contributed by atoms with E-state index in [0.29, 0.717) is 18.7 Å². The van der Waals surface area contributed by atoms with Gasteiger partial charge in [0, 0.05) is 38.9 Å². The van der Waals surface area contributed by atoms with Crippen molar-refractivity contribution in [3.05, 3.63) is 77.5 Å². The zero-order valence-electron chi connectivity index (χ0n) is 18.8. The van der Waals surface area contributed by atoms with Gasteiger partial charge >= 0.3 is 0 Å². The number of ether oxygens (including phenoxy) is 2. The number of carbonyl (C=O) groups excluding carboxylic acids is 1. The molecule has 0 atom stereocenters. The largest absolute Gasteiger partial charge is 0.454 e. The van der Waals surface area contributed by atoms with Gasteiger partial charge in [0.25, 0.3) is 5.91 Å². The second kappa shape index (κ2) is 9.08. The van der Waals surface area contributed by atoms with Crippen LogP contribution in [-0.4, -0.2) is 62.1 Å². The highest BCUT2D eigenvalue weighted by Gasteiger charge is 2.24. The first-order valence-corrected chi connectivity index (χ1v) is 12.6. The molecule has 0 bridgehead atoms. The van der Waals surface area contributed by atoms with Crippen LogP contribution >= 0.6 is 0 Å². The highest BCUT2D eigenvalue weighted by molar-refractivity contribution is 7.91. The summed E-state index contributed by atoms with van der Waals surface area (Å²) in [5.74, 6) is 1.40. The lowest BCUT2D eigenvalue weighted by Gasteiger charge is -2.34. The van der Waals surface area contributed by atoms with E-state index < -0.39 is 9.84 Å². The monoisotopic (exact) mass is 479 g/mol. The topological polar surface area (TPSA) is 89.0 Å². The molecule has 1 saturated heterocycles. The molecular formula is C25H25N3O5S. The van der Waals surface area contributed by atoms with E-state index in [1.54, 1.807) is 29.2 Å². The van der Waals surface area contributed by atoms with Crippen molar-refractivity contribution in [1.82, 2.24) is 14.8 Å². The number of aromatic nitrogens is 1.